The molecule has 156 valence electrons. The molecule has 6 heteroatoms. The molecule has 2 aromatic rings. The number of hydrogen-bond donors (Lipinski definition) is 0. The van der Waals surface area contributed by atoms with Crippen molar-refractivity contribution in [1.82, 2.24) is 4.90 Å². The highest BCUT2D eigenvalue weighted by molar-refractivity contribution is 6.45. The summed E-state index contributed by atoms with van der Waals surface area (Å²) in [6.07, 6.45) is -0.0906. The molecule has 4 rings (SSSR count). The van der Waals surface area contributed by atoms with Gasteiger partial charge in [-0.05, 0) is 44.5 Å². The standard InChI is InChI=1S/C24H26N2O4/c1-15-8-7-9-18(12-15)26-23(27)21(19-10-5-6-11-20(19)29-4)22(24(26)28)25-13-16(2)30-17(3)14-25/h5-12,16-17H,13-14H2,1-4H3. The maximum absolute atomic E-state index is 13.6. The van der Waals surface area contributed by atoms with Gasteiger partial charge in [-0.1, -0.05) is 30.3 Å². The van der Waals surface area contributed by atoms with E-state index in [-0.39, 0.29) is 24.0 Å². The molecule has 2 aliphatic heterocycles. The van der Waals surface area contributed by atoms with Crippen LogP contribution in [0.5, 0.6) is 5.75 Å². The van der Waals surface area contributed by atoms with E-state index in [4.69, 9.17) is 9.47 Å². The number of aryl methyl sites for hydroxylation is 1. The fourth-order valence-corrected chi connectivity index (χ4v) is 4.27. The fraction of sp³-hybridized carbons (Fsp3) is 0.333. The van der Waals surface area contributed by atoms with Crippen LogP contribution >= 0.6 is 0 Å². The Bertz CT molecular complexity index is 1020. The Balaban J connectivity index is 1.88. The maximum atomic E-state index is 13.6. The molecular weight excluding hydrogens is 380 g/mol. The predicted octanol–water partition coefficient (Wildman–Crippen LogP) is 3.40. The molecule has 30 heavy (non-hydrogen) atoms. The van der Waals surface area contributed by atoms with E-state index in [1.165, 1.54) is 4.90 Å². The Labute approximate surface area is 176 Å². The number of benzene rings is 2. The average molecular weight is 406 g/mol. The van der Waals surface area contributed by atoms with Gasteiger partial charge in [0.25, 0.3) is 11.8 Å². The molecule has 2 aliphatic rings. The van der Waals surface area contributed by atoms with Gasteiger partial charge in [0.1, 0.15) is 11.4 Å². The highest BCUT2D eigenvalue weighted by atomic mass is 16.5. The molecule has 0 aliphatic carbocycles. The van der Waals surface area contributed by atoms with Crippen molar-refractivity contribution in [2.75, 3.05) is 25.1 Å². The third-order valence-electron chi connectivity index (χ3n) is 5.43. The topological polar surface area (TPSA) is 59.1 Å². The van der Waals surface area contributed by atoms with E-state index in [1.54, 1.807) is 19.2 Å². The number of amides is 2. The van der Waals surface area contributed by atoms with Crippen LogP contribution in [0.4, 0.5) is 5.69 Å². The van der Waals surface area contributed by atoms with Gasteiger partial charge < -0.3 is 14.4 Å². The first-order valence-electron chi connectivity index (χ1n) is 10.1. The van der Waals surface area contributed by atoms with Crippen LogP contribution in [-0.4, -0.2) is 49.1 Å². The van der Waals surface area contributed by atoms with Crippen molar-refractivity contribution in [2.24, 2.45) is 0 Å². The first kappa shape index (κ1) is 20.2. The van der Waals surface area contributed by atoms with Gasteiger partial charge >= 0.3 is 0 Å². The SMILES string of the molecule is COc1ccccc1C1=C(N2CC(C)OC(C)C2)C(=O)N(c2cccc(C)c2)C1=O. The van der Waals surface area contributed by atoms with E-state index in [0.717, 1.165) is 5.56 Å². The number of rotatable bonds is 4. The summed E-state index contributed by atoms with van der Waals surface area (Å²) in [4.78, 5) is 30.5. The van der Waals surface area contributed by atoms with Gasteiger partial charge in [-0.15, -0.1) is 0 Å². The summed E-state index contributed by atoms with van der Waals surface area (Å²) >= 11 is 0. The predicted molar refractivity (Wildman–Crippen MR) is 115 cm³/mol. The zero-order valence-electron chi connectivity index (χ0n) is 17.7. The van der Waals surface area contributed by atoms with Crippen molar-refractivity contribution in [3.8, 4) is 5.75 Å². The lowest BCUT2D eigenvalue weighted by Gasteiger charge is -2.37. The zero-order valence-corrected chi connectivity index (χ0v) is 17.7. The lowest BCUT2D eigenvalue weighted by atomic mass is 10.0. The molecule has 0 radical (unpaired) electrons. The van der Waals surface area contributed by atoms with Crippen molar-refractivity contribution < 1.29 is 19.1 Å². The number of hydrogen-bond acceptors (Lipinski definition) is 5. The molecule has 2 heterocycles. The van der Waals surface area contributed by atoms with Crippen molar-refractivity contribution in [3.63, 3.8) is 0 Å². The first-order valence-corrected chi connectivity index (χ1v) is 10.1. The molecule has 6 nitrogen and oxygen atoms in total. The summed E-state index contributed by atoms with van der Waals surface area (Å²) in [5, 5.41) is 0. The molecule has 2 unspecified atom stereocenters. The van der Waals surface area contributed by atoms with Gasteiger partial charge in [-0.2, -0.15) is 0 Å². The minimum absolute atomic E-state index is 0.0453. The van der Waals surface area contributed by atoms with Crippen LogP contribution in [0.1, 0.15) is 25.0 Å². The summed E-state index contributed by atoms with van der Waals surface area (Å²) in [5.74, 6) is -0.0868. The van der Waals surface area contributed by atoms with Crippen LogP contribution < -0.4 is 9.64 Å². The van der Waals surface area contributed by atoms with Crippen LogP contribution in [0, 0.1) is 6.92 Å². The van der Waals surface area contributed by atoms with Crippen LogP contribution in [-0.2, 0) is 14.3 Å². The maximum Gasteiger partial charge on any atom is 0.282 e. The Morgan fingerprint density at radius 1 is 0.967 bits per heavy atom. The largest absolute Gasteiger partial charge is 0.496 e. The van der Waals surface area contributed by atoms with Gasteiger partial charge in [0.2, 0.25) is 0 Å². The van der Waals surface area contributed by atoms with Crippen LogP contribution in [0.2, 0.25) is 0 Å². The third kappa shape index (κ3) is 3.48. The molecule has 0 bridgehead atoms. The van der Waals surface area contributed by atoms with Gasteiger partial charge in [-0.25, -0.2) is 4.90 Å². The molecule has 1 saturated heterocycles. The van der Waals surface area contributed by atoms with E-state index < -0.39 is 0 Å². The number of nitrogens with zero attached hydrogens (tertiary/aromatic N) is 2. The molecule has 2 aromatic carbocycles. The quantitative estimate of drug-likeness (QED) is 0.729. The lowest BCUT2D eigenvalue weighted by Crippen LogP contribution is -2.47. The molecule has 2 atom stereocenters. The lowest BCUT2D eigenvalue weighted by molar-refractivity contribution is -0.121. The van der Waals surface area contributed by atoms with E-state index in [1.807, 2.05) is 62.1 Å². The fourth-order valence-electron chi connectivity index (χ4n) is 4.27. The van der Waals surface area contributed by atoms with Gasteiger partial charge in [0.15, 0.2) is 0 Å². The Morgan fingerprint density at radius 3 is 2.33 bits per heavy atom. The minimum atomic E-state index is -0.336. The second-order valence-electron chi connectivity index (χ2n) is 7.87. The first-order chi connectivity index (χ1) is 14.4. The number of para-hydroxylation sites is 1. The number of morpholine rings is 1. The van der Waals surface area contributed by atoms with E-state index in [9.17, 15) is 9.59 Å². The number of anilines is 1. The average Bonchev–Trinajstić information content (AvgIpc) is 2.97. The second-order valence-corrected chi connectivity index (χ2v) is 7.87. The van der Waals surface area contributed by atoms with Crippen molar-refractivity contribution >= 4 is 23.1 Å². The number of carbonyl (C=O) groups excluding carboxylic acids is 2. The number of imide groups is 1. The summed E-state index contributed by atoms with van der Waals surface area (Å²) in [6.45, 7) is 6.98. The molecular formula is C24H26N2O4. The number of carbonyl (C=O) groups is 2. The van der Waals surface area contributed by atoms with Gasteiger partial charge in [0.05, 0.1) is 30.6 Å². The summed E-state index contributed by atoms with van der Waals surface area (Å²) < 4.78 is 11.4. The summed E-state index contributed by atoms with van der Waals surface area (Å²) in [6, 6.07) is 14.8. The summed E-state index contributed by atoms with van der Waals surface area (Å²) in [5.41, 5.74) is 2.96. The van der Waals surface area contributed by atoms with E-state index >= 15 is 0 Å². The Hall–Kier alpha value is -3.12. The van der Waals surface area contributed by atoms with E-state index in [0.29, 0.717) is 41.4 Å². The monoisotopic (exact) mass is 406 g/mol. The molecule has 0 N–H and O–H groups in total. The van der Waals surface area contributed by atoms with Crippen molar-refractivity contribution in [2.45, 2.75) is 33.0 Å². The number of methoxy groups -OCH3 is 1. The van der Waals surface area contributed by atoms with Crippen LogP contribution in [0.25, 0.3) is 5.57 Å². The summed E-state index contributed by atoms with van der Waals surface area (Å²) in [7, 11) is 1.57. The normalized spacial score (nSPS) is 22.1. The van der Waals surface area contributed by atoms with Crippen LogP contribution in [0.15, 0.2) is 54.2 Å². The second kappa shape index (κ2) is 7.95. The number of ether oxygens (including phenoxy) is 2. The molecule has 1 fully saturated rings. The molecule has 2 amide bonds. The zero-order chi connectivity index (χ0) is 21.4. The van der Waals surface area contributed by atoms with Crippen molar-refractivity contribution in [3.05, 3.63) is 65.4 Å². The Kier molecular flexibility index (Phi) is 5.35. The smallest absolute Gasteiger partial charge is 0.282 e. The molecule has 0 spiro atoms. The van der Waals surface area contributed by atoms with Gasteiger partial charge in [-0.3, -0.25) is 9.59 Å². The third-order valence-corrected chi connectivity index (χ3v) is 5.43. The molecule has 0 aromatic heterocycles. The van der Waals surface area contributed by atoms with Crippen LogP contribution in [0.3, 0.4) is 0 Å². The highest BCUT2D eigenvalue weighted by Crippen LogP contribution is 2.39. The van der Waals surface area contributed by atoms with Crippen molar-refractivity contribution in [1.29, 1.82) is 0 Å². The Morgan fingerprint density at radius 2 is 1.67 bits per heavy atom. The highest BCUT2D eigenvalue weighted by Gasteiger charge is 2.44. The minimum Gasteiger partial charge on any atom is -0.496 e. The molecule has 0 saturated carbocycles. The van der Waals surface area contributed by atoms with E-state index in [2.05, 4.69) is 0 Å². The van der Waals surface area contributed by atoms with Gasteiger partial charge in [0, 0.05) is 18.7 Å².